The average molecular weight is 355 g/mol. The first-order valence-electron chi connectivity index (χ1n) is 7.81. The third-order valence-electron chi connectivity index (χ3n) is 4.48. The SMILES string of the molecule is FC(F)COCCN1CCC(c2nc(C3CC3)no2)(C(F)(F)F)C1. The Hall–Kier alpha value is -1.29. The molecule has 2 fully saturated rings. The van der Waals surface area contributed by atoms with Crippen LogP contribution in [0, 0.1) is 0 Å². The minimum atomic E-state index is -4.53. The maximum absolute atomic E-state index is 13.7. The highest BCUT2D eigenvalue weighted by atomic mass is 19.4. The van der Waals surface area contributed by atoms with Crippen LogP contribution in [0.5, 0.6) is 0 Å². The molecule has 0 aromatic carbocycles. The van der Waals surface area contributed by atoms with Crippen molar-refractivity contribution < 1.29 is 31.2 Å². The average Bonchev–Trinajstić information content (AvgIpc) is 3.06. The van der Waals surface area contributed by atoms with Gasteiger partial charge in [-0.1, -0.05) is 5.16 Å². The maximum Gasteiger partial charge on any atom is 0.404 e. The summed E-state index contributed by atoms with van der Waals surface area (Å²) in [5, 5.41) is 3.69. The van der Waals surface area contributed by atoms with E-state index in [0.717, 1.165) is 12.8 Å². The summed E-state index contributed by atoms with van der Waals surface area (Å²) in [6.07, 6.45) is -5.58. The summed E-state index contributed by atoms with van der Waals surface area (Å²) in [6, 6.07) is 0. The van der Waals surface area contributed by atoms with Crippen LogP contribution in [-0.2, 0) is 10.2 Å². The van der Waals surface area contributed by atoms with Gasteiger partial charge in [0.1, 0.15) is 6.61 Å². The van der Waals surface area contributed by atoms with Crippen molar-refractivity contribution in [3.8, 4) is 0 Å². The largest absolute Gasteiger partial charge is 0.404 e. The number of hydrogen-bond donors (Lipinski definition) is 0. The zero-order chi connectivity index (χ0) is 17.4. The second-order valence-electron chi connectivity index (χ2n) is 6.30. The van der Waals surface area contributed by atoms with Gasteiger partial charge in [0.15, 0.2) is 11.2 Å². The summed E-state index contributed by atoms with van der Waals surface area (Å²) in [5.74, 6) is 0.0493. The van der Waals surface area contributed by atoms with Crippen LogP contribution in [0.2, 0.25) is 0 Å². The Kier molecular flexibility index (Phi) is 4.78. The van der Waals surface area contributed by atoms with Crippen molar-refractivity contribution in [2.24, 2.45) is 0 Å². The van der Waals surface area contributed by atoms with E-state index in [1.165, 1.54) is 4.90 Å². The number of alkyl halides is 5. The zero-order valence-corrected chi connectivity index (χ0v) is 12.9. The van der Waals surface area contributed by atoms with Crippen molar-refractivity contribution in [1.29, 1.82) is 0 Å². The van der Waals surface area contributed by atoms with Gasteiger partial charge >= 0.3 is 6.18 Å². The normalized spacial score (nSPS) is 25.8. The van der Waals surface area contributed by atoms with Crippen LogP contribution < -0.4 is 0 Å². The molecule has 1 saturated heterocycles. The maximum atomic E-state index is 13.7. The van der Waals surface area contributed by atoms with E-state index in [1.54, 1.807) is 0 Å². The van der Waals surface area contributed by atoms with Crippen molar-refractivity contribution in [2.45, 2.75) is 43.2 Å². The van der Waals surface area contributed by atoms with Crippen molar-refractivity contribution in [3.05, 3.63) is 11.7 Å². The molecular weight excluding hydrogens is 337 g/mol. The third kappa shape index (κ3) is 3.53. The number of rotatable bonds is 7. The minimum absolute atomic E-state index is 0.0462. The lowest BCUT2D eigenvalue weighted by Crippen LogP contribution is -2.45. The molecule has 10 heteroatoms. The molecule has 0 radical (unpaired) electrons. The van der Waals surface area contributed by atoms with Crippen molar-refractivity contribution >= 4 is 0 Å². The fourth-order valence-corrected chi connectivity index (χ4v) is 2.91. The molecule has 2 heterocycles. The Morgan fingerprint density at radius 1 is 1.33 bits per heavy atom. The molecule has 0 bridgehead atoms. The summed E-state index contributed by atoms with van der Waals surface area (Å²) in [4.78, 5) is 5.52. The standard InChI is InChI=1S/C14H18F5N3O2/c15-10(16)7-23-6-5-22-4-3-13(8-22,14(17,18)19)12-20-11(21-24-12)9-1-2-9/h9-10H,1-8H2. The molecule has 1 saturated carbocycles. The van der Waals surface area contributed by atoms with Gasteiger partial charge in [-0.15, -0.1) is 0 Å². The fourth-order valence-electron chi connectivity index (χ4n) is 2.91. The van der Waals surface area contributed by atoms with Crippen LogP contribution in [0.1, 0.15) is 36.9 Å². The second kappa shape index (κ2) is 6.55. The summed E-state index contributed by atoms with van der Waals surface area (Å²) in [6.45, 7) is -0.782. The van der Waals surface area contributed by atoms with Crippen LogP contribution >= 0.6 is 0 Å². The van der Waals surface area contributed by atoms with E-state index in [-0.39, 0.29) is 38.6 Å². The van der Waals surface area contributed by atoms with E-state index >= 15 is 0 Å². The highest BCUT2D eigenvalue weighted by Crippen LogP contribution is 2.48. The Balaban J connectivity index is 1.66. The first kappa shape index (κ1) is 17.5. The van der Waals surface area contributed by atoms with E-state index in [2.05, 4.69) is 10.1 Å². The Morgan fingerprint density at radius 2 is 2.08 bits per heavy atom. The molecule has 3 rings (SSSR count). The molecule has 1 aliphatic carbocycles. The second-order valence-corrected chi connectivity index (χ2v) is 6.30. The number of halogens is 5. The topological polar surface area (TPSA) is 51.4 Å². The quantitative estimate of drug-likeness (QED) is 0.556. The number of nitrogens with zero attached hydrogens (tertiary/aromatic N) is 3. The molecule has 1 aliphatic heterocycles. The van der Waals surface area contributed by atoms with Crippen LogP contribution in [0.25, 0.3) is 0 Å². The van der Waals surface area contributed by atoms with Crippen LogP contribution in [0.15, 0.2) is 4.52 Å². The lowest BCUT2D eigenvalue weighted by molar-refractivity contribution is -0.193. The van der Waals surface area contributed by atoms with Gasteiger partial charge in [0.05, 0.1) is 6.61 Å². The molecule has 1 aromatic heterocycles. The first-order valence-corrected chi connectivity index (χ1v) is 7.81. The van der Waals surface area contributed by atoms with E-state index in [4.69, 9.17) is 9.26 Å². The van der Waals surface area contributed by atoms with Crippen LogP contribution in [0.3, 0.4) is 0 Å². The van der Waals surface area contributed by atoms with E-state index in [1.807, 2.05) is 0 Å². The monoisotopic (exact) mass is 355 g/mol. The van der Waals surface area contributed by atoms with Gasteiger partial charge in [0, 0.05) is 19.0 Å². The summed E-state index contributed by atoms with van der Waals surface area (Å²) in [7, 11) is 0. The van der Waals surface area contributed by atoms with Crippen molar-refractivity contribution in [3.63, 3.8) is 0 Å². The van der Waals surface area contributed by atoms with E-state index < -0.39 is 30.5 Å². The van der Waals surface area contributed by atoms with Gasteiger partial charge < -0.3 is 9.26 Å². The van der Waals surface area contributed by atoms with Gasteiger partial charge in [-0.05, 0) is 25.8 Å². The molecule has 0 spiro atoms. The number of ether oxygens (including phenoxy) is 1. The molecular formula is C14H18F5N3O2. The summed E-state index contributed by atoms with van der Waals surface area (Å²) in [5.41, 5.74) is -2.20. The zero-order valence-electron chi connectivity index (χ0n) is 12.9. The molecule has 5 nitrogen and oxygen atoms in total. The lowest BCUT2D eigenvalue weighted by atomic mass is 9.86. The molecule has 1 unspecified atom stereocenters. The molecule has 136 valence electrons. The minimum Gasteiger partial charge on any atom is -0.374 e. The Morgan fingerprint density at radius 3 is 2.71 bits per heavy atom. The molecule has 1 aromatic rings. The molecule has 0 N–H and O–H groups in total. The molecule has 24 heavy (non-hydrogen) atoms. The molecule has 2 aliphatic rings. The fraction of sp³-hybridized carbons (Fsp3) is 0.857. The summed E-state index contributed by atoms with van der Waals surface area (Å²) >= 11 is 0. The highest BCUT2D eigenvalue weighted by Gasteiger charge is 2.62. The van der Waals surface area contributed by atoms with Gasteiger partial charge in [0.2, 0.25) is 5.89 Å². The predicted molar refractivity (Wildman–Crippen MR) is 71.9 cm³/mol. The first-order chi connectivity index (χ1) is 11.3. The predicted octanol–water partition coefficient (Wildman–Crippen LogP) is 2.73. The van der Waals surface area contributed by atoms with Crippen LogP contribution in [-0.4, -0.2) is 60.5 Å². The smallest absolute Gasteiger partial charge is 0.374 e. The van der Waals surface area contributed by atoms with Gasteiger partial charge in [-0.3, -0.25) is 4.90 Å². The number of hydrogen-bond acceptors (Lipinski definition) is 5. The Labute approximate surface area is 135 Å². The van der Waals surface area contributed by atoms with Gasteiger partial charge in [0.25, 0.3) is 6.43 Å². The van der Waals surface area contributed by atoms with Gasteiger partial charge in [-0.2, -0.15) is 18.2 Å². The van der Waals surface area contributed by atoms with Gasteiger partial charge in [-0.25, -0.2) is 8.78 Å². The Bertz CT molecular complexity index is 561. The third-order valence-corrected chi connectivity index (χ3v) is 4.48. The molecule has 0 amide bonds. The summed E-state index contributed by atoms with van der Waals surface area (Å²) < 4.78 is 74.8. The van der Waals surface area contributed by atoms with Crippen molar-refractivity contribution in [1.82, 2.24) is 15.0 Å². The number of aromatic nitrogens is 2. The highest BCUT2D eigenvalue weighted by molar-refractivity contribution is 5.16. The number of likely N-dealkylation sites (tertiary alicyclic amines) is 1. The van der Waals surface area contributed by atoms with Crippen molar-refractivity contribution in [2.75, 3.05) is 32.8 Å². The van der Waals surface area contributed by atoms with Crippen LogP contribution in [0.4, 0.5) is 22.0 Å². The van der Waals surface area contributed by atoms with E-state index in [0.29, 0.717) is 5.82 Å². The molecule has 1 atom stereocenters. The van der Waals surface area contributed by atoms with E-state index in [9.17, 15) is 22.0 Å². The lowest BCUT2D eigenvalue weighted by Gasteiger charge is -2.28.